The summed E-state index contributed by atoms with van der Waals surface area (Å²) in [7, 11) is -2.18. The lowest BCUT2D eigenvalue weighted by atomic mass is 10.1. The Morgan fingerprint density at radius 1 is 1.09 bits per heavy atom. The van der Waals surface area contributed by atoms with Crippen LogP contribution in [0.15, 0.2) is 57.8 Å². The normalized spacial score (nSPS) is 20.6. The molecule has 1 atom stereocenters. The number of likely N-dealkylation sites (N-methyl/N-ethyl adjacent to an activating group) is 1. The summed E-state index contributed by atoms with van der Waals surface area (Å²) in [5.74, 6) is 0.167. The van der Waals surface area contributed by atoms with Gasteiger partial charge >= 0.3 is 0 Å². The van der Waals surface area contributed by atoms with Crippen LogP contribution in [-0.2, 0) is 24.3 Å². The monoisotopic (exact) mass is 484 g/mol. The molecule has 10 nitrogen and oxygen atoms in total. The number of hydrogen-bond donors (Lipinski definition) is 0. The second-order valence-corrected chi connectivity index (χ2v) is 9.83. The second-order valence-electron chi connectivity index (χ2n) is 8.26. The van der Waals surface area contributed by atoms with Crippen molar-refractivity contribution >= 4 is 33.4 Å². The molecule has 1 saturated heterocycles. The Bertz CT molecular complexity index is 1270. The highest BCUT2D eigenvalue weighted by atomic mass is 32.2. The minimum absolute atomic E-state index is 0.0568. The van der Waals surface area contributed by atoms with Gasteiger partial charge in [-0.1, -0.05) is 24.3 Å². The van der Waals surface area contributed by atoms with Gasteiger partial charge in [-0.3, -0.25) is 9.59 Å². The van der Waals surface area contributed by atoms with Crippen LogP contribution in [0.25, 0.3) is 0 Å². The number of carbonyl (C=O) groups is 2. The fourth-order valence-electron chi connectivity index (χ4n) is 4.31. The first-order valence-electron chi connectivity index (χ1n) is 10.9. The summed E-state index contributed by atoms with van der Waals surface area (Å²) in [6.07, 6.45) is -0.841. The fraction of sp³-hybridized carbons (Fsp3) is 0.348. The van der Waals surface area contributed by atoms with E-state index >= 15 is 0 Å². The van der Waals surface area contributed by atoms with Crippen molar-refractivity contribution in [2.24, 2.45) is 4.40 Å². The number of amides is 2. The standard InChI is InChI=1S/C23H24N4O6S/c1-25(22-16-6-2-5-9-20(16)34(30,31)24-22)15-21(28)27-14-19(23(29)26-10-12-32-13-11-26)33-18-8-4-3-7-17(18)27/h2-9,19H,10-15H2,1H3/t19-/m1/s1. The molecule has 1 fully saturated rings. The summed E-state index contributed by atoms with van der Waals surface area (Å²) < 4.78 is 40.0. The van der Waals surface area contributed by atoms with Gasteiger partial charge in [0, 0.05) is 25.7 Å². The van der Waals surface area contributed by atoms with Crippen LogP contribution in [-0.4, -0.2) is 88.4 Å². The van der Waals surface area contributed by atoms with E-state index in [-0.39, 0.29) is 35.6 Å². The van der Waals surface area contributed by atoms with Crippen molar-refractivity contribution < 1.29 is 27.5 Å². The van der Waals surface area contributed by atoms with E-state index < -0.39 is 16.1 Å². The smallest absolute Gasteiger partial charge is 0.285 e. The Morgan fingerprint density at radius 2 is 1.79 bits per heavy atom. The van der Waals surface area contributed by atoms with Gasteiger partial charge in [0.2, 0.25) is 5.91 Å². The van der Waals surface area contributed by atoms with Crippen LogP contribution in [0, 0.1) is 0 Å². The van der Waals surface area contributed by atoms with Gasteiger partial charge < -0.3 is 24.2 Å². The quantitative estimate of drug-likeness (QED) is 0.632. The summed E-state index contributed by atoms with van der Waals surface area (Å²) in [4.78, 5) is 31.4. The molecule has 0 spiro atoms. The molecule has 2 amide bonds. The number of ether oxygens (including phenoxy) is 2. The summed E-state index contributed by atoms with van der Waals surface area (Å²) in [6, 6.07) is 13.6. The first-order chi connectivity index (χ1) is 16.3. The number of morpholine rings is 1. The van der Waals surface area contributed by atoms with Crippen molar-refractivity contribution in [1.82, 2.24) is 9.80 Å². The molecule has 0 radical (unpaired) electrons. The molecule has 2 aromatic carbocycles. The van der Waals surface area contributed by atoms with Gasteiger partial charge in [0.1, 0.15) is 10.6 Å². The SMILES string of the molecule is CN(CC(=O)N1C[C@H](C(=O)N2CCOCC2)Oc2ccccc21)C1=NS(=O)(=O)c2ccccc21. The van der Waals surface area contributed by atoms with Crippen LogP contribution in [0.1, 0.15) is 5.56 Å². The predicted octanol–water partition coefficient (Wildman–Crippen LogP) is 0.720. The largest absolute Gasteiger partial charge is 0.476 e. The summed E-state index contributed by atoms with van der Waals surface area (Å²) >= 11 is 0. The molecule has 0 unspecified atom stereocenters. The van der Waals surface area contributed by atoms with E-state index in [0.717, 1.165) is 0 Å². The Balaban J connectivity index is 1.38. The third-order valence-corrected chi connectivity index (χ3v) is 7.34. The lowest BCUT2D eigenvalue weighted by Gasteiger charge is -2.37. The third kappa shape index (κ3) is 4.01. The van der Waals surface area contributed by atoms with Crippen molar-refractivity contribution in [1.29, 1.82) is 0 Å². The number of sulfonamides is 1. The molecule has 11 heteroatoms. The Kier molecular flexibility index (Phi) is 5.74. The highest BCUT2D eigenvalue weighted by Gasteiger charge is 2.37. The first-order valence-corrected chi connectivity index (χ1v) is 12.4. The lowest BCUT2D eigenvalue weighted by molar-refractivity contribution is -0.142. The topological polar surface area (TPSA) is 109 Å². The molecule has 0 bridgehead atoms. The van der Waals surface area contributed by atoms with Crippen molar-refractivity contribution in [2.75, 3.05) is 51.3 Å². The number of benzene rings is 2. The van der Waals surface area contributed by atoms with Crippen LogP contribution >= 0.6 is 0 Å². The summed E-state index contributed by atoms with van der Waals surface area (Å²) in [5, 5.41) is 0. The number of para-hydroxylation sites is 2. The Labute approximate surface area is 197 Å². The van der Waals surface area contributed by atoms with Gasteiger partial charge in [-0.05, 0) is 24.3 Å². The highest BCUT2D eigenvalue weighted by Crippen LogP contribution is 2.34. The third-order valence-electron chi connectivity index (χ3n) is 6.02. The molecule has 0 aromatic heterocycles. The minimum atomic E-state index is -3.80. The molecule has 0 saturated carbocycles. The maximum Gasteiger partial charge on any atom is 0.285 e. The van der Waals surface area contributed by atoms with Gasteiger partial charge in [-0.15, -0.1) is 4.40 Å². The zero-order valence-corrected chi connectivity index (χ0v) is 19.4. The fourth-order valence-corrected chi connectivity index (χ4v) is 5.57. The lowest BCUT2D eigenvalue weighted by Crippen LogP contribution is -2.55. The zero-order chi connectivity index (χ0) is 23.9. The van der Waals surface area contributed by atoms with Crippen molar-refractivity contribution in [3.8, 4) is 5.75 Å². The van der Waals surface area contributed by atoms with E-state index in [1.54, 1.807) is 54.4 Å². The molecular formula is C23H24N4O6S. The zero-order valence-electron chi connectivity index (χ0n) is 18.6. The summed E-state index contributed by atoms with van der Waals surface area (Å²) in [5.41, 5.74) is 1.02. The highest BCUT2D eigenvalue weighted by molar-refractivity contribution is 7.90. The van der Waals surface area contributed by atoms with Gasteiger partial charge in [-0.25, -0.2) is 0 Å². The number of hydrogen-bond acceptors (Lipinski definition) is 7. The number of fused-ring (bicyclic) bond motifs is 2. The van der Waals surface area contributed by atoms with E-state index in [1.165, 1.54) is 15.9 Å². The number of rotatable bonds is 3. The molecule has 3 aliphatic heterocycles. The van der Waals surface area contributed by atoms with E-state index in [2.05, 4.69) is 4.40 Å². The maximum absolute atomic E-state index is 13.4. The molecule has 3 aliphatic rings. The predicted molar refractivity (Wildman–Crippen MR) is 123 cm³/mol. The Morgan fingerprint density at radius 3 is 2.59 bits per heavy atom. The average Bonchev–Trinajstić information content (AvgIpc) is 3.14. The molecule has 0 aliphatic carbocycles. The van der Waals surface area contributed by atoms with E-state index in [4.69, 9.17) is 9.47 Å². The van der Waals surface area contributed by atoms with Crippen LogP contribution in [0.5, 0.6) is 5.75 Å². The number of nitrogens with zero attached hydrogens (tertiary/aromatic N) is 4. The van der Waals surface area contributed by atoms with Crippen LogP contribution in [0.4, 0.5) is 5.69 Å². The molecule has 34 heavy (non-hydrogen) atoms. The number of amidine groups is 1. The second kappa shape index (κ2) is 8.73. The Hall–Kier alpha value is -3.44. The molecule has 178 valence electrons. The van der Waals surface area contributed by atoms with Crippen molar-refractivity contribution in [3.63, 3.8) is 0 Å². The number of anilines is 1. The van der Waals surface area contributed by atoms with Crippen LogP contribution < -0.4 is 9.64 Å². The molecule has 2 aromatic rings. The molecule has 3 heterocycles. The van der Waals surface area contributed by atoms with Crippen molar-refractivity contribution in [3.05, 3.63) is 54.1 Å². The van der Waals surface area contributed by atoms with Gasteiger partial charge in [0.05, 0.1) is 32.0 Å². The maximum atomic E-state index is 13.4. The molecule has 0 N–H and O–H groups in total. The van der Waals surface area contributed by atoms with Crippen molar-refractivity contribution in [2.45, 2.75) is 11.0 Å². The molecular weight excluding hydrogens is 460 g/mol. The summed E-state index contributed by atoms with van der Waals surface area (Å²) in [6.45, 7) is 1.82. The van der Waals surface area contributed by atoms with Gasteiger partial charge in [-0.2, -0.15) is 8.42 Å². The minimum Gasteiger partial charge on any atom is -0.476 e. The van der Waals surface area contributed by atoms with Crippen LogP contribution in [0.3, 0.4) is 0 Å². The number of carbonyl (C=O) groups excluding carboxylic acids is 2. The first kappa shape index (κ1) is 22.4. The van der Waals surface area contributed by atoms with E-state index in [1.807, 2.05) is 0 Å². The van der Waals surface area contributed by atoms with Gasteiger partial charge in [0.15, 0.2) is 11.9 Å². The average molecular weight is 485 g/mol. The van der Waals surface area contributed by atoms with E-state index in [0.29, 0.717) is 43.3 Å². The molecule has 5 rings (SSSR count). The van der Waals surface area contributed by atoms with Crippen LogP contribution in [0.2, 0.25) is 0 Å². The van der Waals surface area contributed by atoms with E-state index in [9.17, 15) is 18.0 Å². The van der Waals surface area contributed by atoms with Gasteiger partial charge in [0.25, 0.3) is 15.9 Å².